The number of nitriles is 1. The van der Waals surface area contributed by atoms with Gasteiger partial charge in [-0.05, 0) is 55.5 Å². The summed E-state index contributed by atoms with van der Waals surface area (Å²) < 4.78 is 44.8. The molecule has 2 aliphatic rings. The van der Waals surface area contributed by atoms with Crippen molar-refractivity contribution in [3.8, 4) is 11.8 Å². The third-order valence-corrected chi connectivity index (χ3v) is 8.40. The van der Waals surface area contributed by atoms with Crippen LogP contribution in [0.15, 0.2) is 53.4 Å². The molecule has 2 N–H and O–H groups in total. The highest BCUT2D eigenvalue weighted by Crippen LogP contribution is 2.38. The van der Waals surface area contributed by atoms with Gasteiger partial charge in [0.1, 0.15) is 23.2 Å². The van der Waals surface area contributed by atoms with Crippen LogP contribution < -0.4 is 10.1 Å². The molecule has 0 unspecified atom stereocenters. The second kappa shape index (κ2) is 9.98. The lowest BCUT2D eigenvalue weighted by Gasteiger charge is -2.17. The van der Waals surface area contributed by atoms with E-state index in [1.165, 1.54) is 6.07 Å². The van der Waals surface area contributed by atoms with E-state index in [1.807, 2.05) is 43.3 Å². The van der Waals surface area contributed by atoms with Gasteiger partial charge >= 0.3 is 6.09 Å². The van der Waals surface area contributed by atoms with Crippen LogP contribution in [-0.2, 0) is 9.84 Å². The topological polar surface area (TPSA) is 116 Å². The van der Waals surface area contributed by atoms with E-state index in [2.05, 4.69) is 5.32 Å². The van der Waals surface area contributed by atoms with Crippen LogP contribution in [0, 0.1) is 23.1 Å². The Morgan fingerprint density at radius 1 is 1.24 bits per heavy atom. The SMILES string of the molecule is C[C@@H]1C[C@H](S(=O)(=O)c2ccc(F)cc2Cl)C[C@H]1Oc1ccccc1.N#CC1(NC(=O)O)CC1. The van der Waals surface area contributed by atoms with Crippen molar-refractivity contribution < 1.29 is 27.4 Å². The Kier molecular flexibility index (Phi) is 7.50. The van der Waals surface area contributed by atoms with E-state index in [4.69, 9.17) is 26.7 Å². The minimum Gasteiger partial charge on any atom is -0.490 e. The van der Waals surface area contributed by atoms with Gasteiger partial charge in [0.2, 0.25) is 0 Å². The molecule has 1 amide bonds. The molecular weight excluding hydrogens is 471 g/mol. The maximum absolute atomic E-state index is 13.2. The number of hydrogen-bond donors (Lipinski definition) is 2. The molecule has 2 saturated carbocycles. The molecule has 7 nitrogen and oxygen atoms in total. The lowest BCUT2D eigenvalue weighted by Crippen LogP contribution is -2.33. The fourth-order valence-electron chi connectivity index (χ4n) is 3.73. The Balaban J connectivity index is 0.000000286. The number of nitrogens with one attached hydrogen (secondary N) is 1. The molecule has 2 fully saturated rings. The molecule has 2 aromatic rings. The third-order valence-electron chi connectivity index (χ3n) is 5.74. The van der Waals surface area contributed by atoms with Crippen molar-refractivity contribution >= 4 is 27.5 Å². The van der Waals surface area contributed by atoms with Crippen LogP contribution in [0.3, 0.4) is 0 Å². The van der Waals surface area contributed by atoms with Crippen molar-refractivity contribution in [3.05, 3.63) is 59.4 Å². The zero-order valence-corrected chi connectivity index (χ0v) is 19.4. The molecule has 10 heteroatoms. The van der Waals surface area contributed by atoms with Crippen molar-refractivity contribution in [2.24, 2.45) is 5.92 Å². The maximum atomic E-state index is 13.2. The van der Waals surface area contributed by atoms with Crippen LogP contribution in [0.2, 0.25) is 5.02 Å². The van der Waals surface area contributed by atoms with E-state index in [0.29, 0.717) is 25.7 Å². The molecule has 4 rings (SSSR count). The van der Waals surface area contributed by atoms with Gasteiger partial charge in [-0.15, -0.1) is 0 Å². The van der Waals surface area contributed by atoms with Crippen molar-refractivity contribution in [3.63, 3.8) is 0 Å². The Bertz CT molecular complexity index is 1150. The molecular formula is C23H24ClFN2O5S. The molecule has 3 atom stereocenters. The highest BCUT2D eigenvalue weighted by molar-refractivity contribution is 7.92. The van der Waals surface area contributed by atoms with Gasteiger partial charge in [-0.1, -0.05) is 36.7 Å². The van der Waals surface area contributed by atoms with Crippen LogP contribution in [0.1, 0.15) is 32.6 Å². The van der Waals surface area contributed by atoms with E-state index in [9.17, 15) is 17.6 Å². The zero-order chi connectivity index (χ0) is 24.2. The highest BCUT2D eigenvalue weighted by Gasteiger charge is 2.44. The average molecular weight is 495 g/mol. The Morgan fingerprint density at radius 3 is 2.42 bits per heavy atom. The molecule has 0 aromatic heterocycles. The number of rotatable bonds is 5. The van der Waals surface area contributed by atoms with Gasteiger partial charge in [-0.25, -0.2) is 17.6 Å². The molecule has 33 heavy (non-hydrogen) atoms. The van der Waals surface area contributed by atoms with E-state index >= 15 is 0 Å². The zero-order valence-electron chi connectivity index (χ0n) is 17.9. The van der Waals surface area contributed by atoms with E-state index < -0.39 is 32.5 Å². The molecule has 0 heterocycles. The molecule has 2 aromatic carbocycles. The number of para-hydroxylation sites is 1. The largest absolute Gasteiger partial charge is 0.490 e. The normalized spacial score (nSPS) is 22.9. The number of hydrogen-bond acceptors (Lipinski definition) is 5. The average Bonchev–Trinajstić information content (AvgIpc) is 3.42. The predicted molar refractivity (Wildman–Crippen MR) is 120 cm³/mol. The minimum absolute atomic E-state index is 0.0110. The van der Waals surface area contributed by atoms with Gasteiger partial charge in [0.25, 0.3) is 0 Å². The first-order valence-electron chi connectivity index (χ1n) is 10.4. The summed E-state index contributed by atoms with van der Waals surface area (Å²) in [5.74, 6) is 0.278. The van der Waals surface area contributed by atoms with Gasteiger partial charge in [0, 0.05) is 6.42 Å². The fraction of sp³-hybridized carbons (Fsp3) is 0.391. The van der Waals surface area contributed by atoms with E-state index in [0.717, 1.165) is 17.9 Å². The van der Waals surface area contributed by atoms with Crippen LogP contribution in [0.5, 0.6) is 5.75 Å². The van der Waals surface area contributed by atoms with E-state index in [-0.39, 0.29) is 21.9 Å². The summed E-state index contributed by atoms with van der Waals surface area (Å²) in [5.41, 5.74) is -0.730. The Hall–Kier alpha value is -2.83. The number of sulfone groups is 1. The van der Waals surface area contributed by atoms with Crippen molar-refractivity contribution in [2.45, 2.75) is 54.4 Å². The predicted octanol–water partition coefficient (Wildman–Crippen LogP) is 4.81. The maximum Gasteiger partial charge on any atom is 0.405 e. The van der Waals surface area contributed by atoms with E-state index in [1.54, 1.807) is 0 Å². The number of ether oxygens (including phenoxy) is 1. The van der Waals surface area contributed by atoms with Crippen molar-refractivity contribution in [1.82, 2.24) is 5.32 Å². The number of nitrogens with zero attached hydrogens (tertiary/aromatic N) is 1. The number of carbonyl (C=O) groups is 1. The van der Waals surface area contributed by atoms with Gasteiger partial charge in [-0.3, -0.25) is 0 Å². The fourth-order valence-corrected chi connectivity index (χ4v) is 6.16. The van der Waals surface area contributed by atoms with Gasteiger partial charge < -0.3 is 15.2 Å². The minimum atomic E-state index is -3.62. The van der Waals surface area contributed by atoms with Crippen LogP contribution in [0.4, 0.5) is 9.18 Å². The molecule has 2 aliphatic carbocycles. The first-order chi connectivity index (χ1) is 15.6. The number of amides is 1. The summed E-state index contributed by atoms with van der Waals surface area (Å²) in [6, 6.07) is 14.6. The summed E-state index contributed by atoms with van der Waals surface area (Å²) in [7, 11) is -3.62. The van der Waals surface area contributed by atoms with Crippen LogP contribution in [0.25, 0.3) is 0 Å². The Labute approximate surface area is 197 Å². The molecule has 0 radical (unpaired) electrons. The standard InChI is InChI=1S/C18H18ClFO3S.C5H6N2O2/c1-12-9-15(11-17(12)23-14-5-3-2-4-6-14)24(21,22)18-8-7-13(20)10-16(18)19;6-3-5(1-2-5)7-4(8)9/h2-8,10,12,15,17H,9,11H2,1H3;7H,1-2H2,(H,8,9)/t12-,15+,17-;/m1./s1. The summed E-state index contributed by atoms with van der Waals surface area (Å²) in [6.07, 6.45) is 0.895. The second-order valence-electron chi connectivity index (χ2n) is 8.28. The smallest absolute Gasteiger partial charge is 0.405 e. The second-order valence-corrected chi connectivity index (χ2v) is 10.9. The van der Waals surface area contributed by atoms with Gasteiger partial charge in [0.15, 0.2) is 9.84 Å². The van der Waals surface area contributed by atoms with Gasteiger partial charge in [-0.2, -0.15) is 5.26 Å². The number of halogens is 2. The molecule has 0 spiro atoms. The lowest BCUT2D eigenvalue weighted by molar-refractivity contribution is 0.167. The molecule has 0 bridgehead atoms. The lowest BCUT2D eigenvalue weighted by atomic mass is 10.1. The van der Waals surface area contributed by atoms with Crippen LogP contribution in [-0.4, -0.2) is 36.5 Å². The third kappa shape index (κ3) is 6.15. The van der Waals surface area contributed by atoms with Gasteiger partial charge in [0.05, 0.1) is 21.2 Å². The molecule has 176 valence electrons. The number of carboxylic acid groups (broad SMARTS) is 1. The quantitative estimate of drug-likeness (QED) is 0.576. The monoisotopic (exact) mass is 494 g/mol. The molecule has 0 saturated heterocycles. The van der Waals surface area contributed by atoms with Crippen molar-refractivity contribution in [2.75, 3.05) is 0 Å². The summed E-state index contributed by atoms with van der Waals surface area (Å²) in [5, 5.41) is 18.0. The first-order valence-corrected chi connectivity index (χ1v) is 12.3. The summed E-state index contributed by atoms with van der Waals surface area (Å²) in [6.45, 7) is 1.98. The Morgan fingerprint density at radius 2 is 1.91 bits per heavy atom. The molecule has 0 aliphatic heterocycles. The van der Waals surface area contributed by atoms with Crippen LogP contribution >= 0.6 is 11.6 Å². The summed E-state index contributed by atoms with van der Waals surface area (Å²) in [4.78, 5) is 9.94. The van der Waals surface area contributed by atoms with Crippen molar-refractivity contribution in [1.29, 1.82) is 5.26 Å². The first kappa shape index (κ1) is 24.8. The number of benzene rings is 2. The highest BCUT2D eigenvalue weighted by atomic mass is 35.5. The summed E-state index contributed by atoms with van der Waals surface area (Å²) >= 11 is 5.94.